The standard InChI is InChI=1S/C19H19N3O5S/c1-26-19-15(4-2-10-20-19)12-21-18(23)14-6-8-17(9-7-14)28(24,25)22-13-16-5-3-11-27-16/h2-11,22H,12-13H2,1H3,(H,21,23). The van der Waals surface area contributed by atoms with Crippen molar-refractivity contribution in [1.29, 1.82) is 0 Å². The van der Waals surface area contributed by atoms with Crippen molar-refractivity contribution in [3.8, 4) is 5.88 Å². The number of benzene rings is 1. The lowest BCUT2D eigenvalue weighted by atomic mass is 10.2. The van der Waals surface area contributed by atoms with Gasteiger partial charge in [0.15, 0.2) is 0 Å². The number of ether oxygens (including phenoxy) is 1. The Hall–Kier alpha value is -3.17. The van der Waals surface area contributed by atoms with Crippen molar-refractivity contribution in [3.05, 3.63) is 77.9 Å². The summed E-state index contributed by atoms with van der Waals surface area (Å²) < 4.78 is 37.3. The molecule has 1 aromatic carbocycles. The molecule has 0 saturated heterocycles. The van der Waals surface area contributed by atoms with Gasteiger partial charge in [0.1, 0.15) is 5.76 Å². The van der Waals surface area contributed by atoms with Gasteiger partial charge < -0.3 is 14.5 Å². The van der Waals surface area contributed by atoms with Crippen LogP contribution in [-0.4, -0.2) is 26.4 Å². The first kappa shape index (κ1) is 19.6. The van der Waals surface area contributed by atoms with Crippen molar-refractivity contribution in [2.45, 2.75) is 18.0 Å². The SMILES string of the molecule is COc1ncccc1CNC(=O)c1ccc(S(=O)(=O)NCc2ccco2)cc1. The highest BCUT2D eigenvalue weighted by Gasteiger charge is 2.15. The average Bonchev–Trinajstić information content (AvgIpc) is 3.24. The van der Waals surface area contributed by atoms with Crippen LogP contribution in [0, 0.1) is 0 Å². The summed E-state index contributed by atoms with van der Waals surface area (Å²) in [6.07, 6.45) is 3.07. The number of amides is 1. The van der Waals surface area contributed by atoms with Crippen molar-refractivity contribution in [3.63, 3.8) is 0 Å². The highest BCUT2D eigenvalue weighted by molar-refractivity contribution is 7.89. The quantitative estimate of drug-likeness (QED) is 0.598. The molecule has 0 atom stereocenters. The summed E-state index contributed by atoms with van der Waals surface area (Å²) >= 11 is 0. The van der Waals surface area contributed by atoms with Crippen LogP contribution in [0.2, 0.25) is 0 Å². The summed E-state index contributed by atoms with van der Waals surface area (Å²) in [5.41, 5.74) is 1.08. The third kappa shape index (κ3) is 4.76. The van der Waals surface area contributed by atoms with Crippen molar-refractivity contribution in [2.24, 2.45) is 0 Å². The van der Waals surface area contributed by atoms with Crippen LogP contribution in [0.15, 0.2) is 70.3 Å². The van der Waals surface area contributed by atoms with Gasteiger partial charge >= 0.3 is 0 Å². The summed E-state index contributed by atoms with van der Waals surface area (Å²) in [5, 5.41) is 2.76. The molecule has 0 spiro atoms. The number of hydrogen-bond acceptors (Lipinski definition) is 6. The lowest BCUT2D eigenvalue weighted by Crippen LogP contribution is -2.24. The van der Waals surface area contributed by atoms with E-state index in [9.17, 15) is 13.2 Å². The summed E-state index contributed by atoms with van der Waals surface area (Å²) in [4.78, 5) is 16.4. The Morgan fingerprint density at radius 2 is 1.89 bits per heavy atom. The highest BCUT2D eigenvalue weighted by Crippen LogP contribution is 2.14. The number of nitrogens with zero attached hydrogens (tertiary/aromatic N) is 1. The van der Waals surface area contributed by atoms with Crippen LogP contribution in [0.3, 0.4) is 0 Å². The van der Waals surface area contributed by atoms with Crippen LogP contribution < -0.4 is 14.8 Å². The molecule has 146 valence electrons. The molecule has 0 aliphatic rings. The van der Waals surface area contributed by atoms with E-state index < -0.39 is 10.0 Å². The number of rotatable bonds is 8. The van der Waals surface area contributed by atoms with Crippen LogP contribution in [0.4, 0.5) is 0 Å². The molecule has 8 nitrogen and oxygen atoms in total. The second kappa shape index (κ2) is 8.68. The summed E-state index contributed by atoms with van der Waals surface area (Å²) in [6.45, 7) is 0.283. The zero-order valence-electron chi connectivity index (χ0n) is 15.1. The van der Waals surface area contributed by atoms with Crippen LogP contribution in [0.1, 0.15) is 21.7 Å². The predicted octanol–water partition coefficient (Wildman–Crippen LogP) is 2.09. The van der Waals surface area contributed by atoms with Crippen molar-refractivity contribution in [2.75, 3.05) is 7.11 Å². The maximum absolute atomic E-state index is 12.3. The molecular weight excluding hydrogens is 382 g/mol. The number of hydrogen-bond donors (Lipinski definition) is 2. The van der Waals surface area contributed by atoms with Gasteiger partial charge in [-0.15, -0.1) is 0 Å². The zero-order chi connectivity index (χ0) is 20.0. The van der Waals surface area contributed by atoms with Crippen molar-refractivity contribution in [1.82, 2.24) is 15.0 Å². The van der Waals surface area contributed by atoms with Crippen molar-refractivity contribution >= 4 is 15.9 Å². The Kier molecular flexibility index (Phi) is 6.07. The van der Waals surface area contributed by atoms with Gasteiger partial charge in [-0.1, -0.05) is 6.07 Å². The van der Waals surface area contributed by atoms with E-state index in [0.29, 0.717) is 17.2 Å². The molecule has 2 heterocycles. The minimum atomic E-state index is -3.71. The number of pyridine rings is 1. The Morgan fingerprint density at radius 3 is 2.57 bits per heavy atom. The molecule has 0 aliphatic carbocycles. The molecule has 28 heavy (non-hydrogen) atoms. The van der Waals surface area contributed by atoms with Crippen LogP contribution in [-0.2, 0) is 23.1 Å². The minimum Gasteiger partial charge on any atom is -0.481 e. The molecular formula is C19H19N3O5S. The Morgan fingerprint density at radius 1 is 1.11 bits per heavy atom. The van der Waals surface area contributed by atoms with E-state index in [-0.39, 0.29) is 23.9 Å². The van der Waals surface area contributed by atoms with Gasteiger partial charge in [-0.05, 0) is 42.5 Å². The molecule has 2 aromatic heterocycles. The Bertz CT molecular complexity index is 1030. The molecule has 2 N–H and O–H groups in total. The molecule has 0 unspecified atom stereocenters. The van der Waals surface area contributed by atoms with Crippen LogP contribution in [0.5, 0.6) is 5.88 Å². The fourth-order valence-corrected chi connectivity index (χ4v) is 3.46. The maximum Gasteiger partial charge on any atom is 0.251 e. The van der Waals surface area contributed by atoms with E-state index in [1.54, 1.807) is 30.5 Å². The zero-order valence-corrected chi connectivity index (χ0v) is 15.9. The molecule has 1 amide bonds. The number of aromatic nitrogens is 1. The highest BCUT2D eigenvalue weighted by atomic mass is 32.2. The molecule has 3 aromatic rings. The monoisotopic (exact) mass is 401 g/mol. The third-order valence-corrected chi connectivity index (χ3v) is 5.34. The fraction of sp³-hybridized carbons (Fsp3) is 0.158. The fourth-order valence-electron chi connectivity index (χ4n) is 2.47. The number of nitrogens with one attached hydrogen (secondary N) is 2. The van der Waals surface area contributed by atoms with Crippen LogP contribution >= 0.6 is 0 Å². The number of furan rings is 1. The summed E-state index contributed by atoms with van der Waals surface area (Å²) in [7, 11) is -2.20. The van der Waals surface area contributed by atoms with Gasteiger partial charge in [-0.2, -0.15) is 0 Å². The largest absolute Gasteiger partial charge is 0.481 e. The molecule has 9 heteroatoms. The van der Waals surface area contributed by atoms with E-state index in [1.807, 2.05) is 0 Å². The molecule has 0 bridgehead atoms. The molecule has 0 radical (unpaired) electrons. The van der Waals surface area contributed by atoms with Gasteiger partial charge in [0, 0.05) is 23.9 Å². The second-order valence-corrected chi connectivity index (χ2v) is 7.55. The van der Waals surface area contributed by atoms with Crippen LogP contribution in [0.25, 0.3) is 0 Å². The van der Waals surface area contributed by atoms with E-state index in [0.717, 1.165) is 5.56 Å². The van der Waals surface area contributed by atoms with E-state index >= 15 is 0 Å². The number of methoxy groups -OCH3 is 1. The molecule has 0 fully saturated rings. The first-order valence-corrected chi connectivity index (χ1v) is 9.86. The summed E-state index contributed by atoms with van der Waals surface area (Å²) in [6, 6.07) is 12.6. The van der Waals surface area contributed by atoms with Gasteiger partial charge in [-0.25, -0.2) is 18.1 Å². The Labute approximate surface area is 162 Å². The normalized spacial score (nSPS) is 11.2. The minimum absolute atomic E-state index is 0.0461. The maximum atomic E-state index is 12.3. The third-order valence-electron chi connectivity index (χ3n) is 3.93. The lowest BCUT2D eigenvalue weighted by Gasteiger charge is -2.09. The van der Waals surface area contributed by atoms with Gasteiger partial charge in [0.2, 0.25) is 15.9 Å². The molecule has 0 saturated carbocycles. The number of sulfonamides is 1. The van der Waals surface area contributed by atoms with Gasteiger partial charge in [-0.3, -0.25) is 4.79 Å². The topological polar surface area (TPSA) is 111 Å². The van der Waals surface area contributed by atoms with Crippen molar-refractivity contribution < 1.29 is 22.4 Å². The first-order chi connectivity index (χ1) is 13.5. The summed E-state index contributed by atoms with van der Waals surface area (Å²) in [5.74, 6) is 0.607. The molecule has 0 aliphatic heterocycles. The predicted molar refractivity (Wildman–Crippen MR) is 101 cm³/mol. The average molecular weight is 401 g/mol. The second-order valence-electron chi connectivity index (χ2n) is 5.78. The number of carbonyl (C=O) groups is 1. The lowest BCUT2D eigenvalue weighted by molar-refractivity contribution is 0.0950. The van der Waals surface area contributed by atoms with E-state index in [2.05, 4.69) is 15.0 Å². The van der Waals surface area contributed by atoms with E-state index in [1.165, 1.54) is 37.6 Å². The smallest absolute Gasteiger partial charge is 0.251 e. The van der Waals surface area contributed by atoms with Gasteiger partial charge in [0.05, 0.1) is 24.8 Å². The number of carbonyl (C=O) groups excluding carboxylic acids is 1. The Balaban J connectivity index is 1.62. The first-order valence-electron chi connectivity index (χ1n) is 8.38. The molecule has 3 rings (SSSR count). The van der Waals surface area contributed by atoms with Gasteiger partial charge in [0.25, 0.3) is 5.91 Å². The van der Waals surface area contributed by atoms with E-state index in [4.69, 9.17) is 9.15 Å².